The minimum absolute atomic E-state index is 0.600. The molecule has 0 N–H and O–H groups in total. The van der Waals surface area contributed by atoms with E-state index in [0.717, 1.165) is 16.8 Å². The van der Waals surface area contributed by atoms with Gasteiger partial charge in [0.05, 0.1) is 4.47 Å². The normalized spacial score (nSPS) is 18.8. The lowest BCUT2D eigenvalue weighted by atomic mass is 10.0. The molecular weight excluding hydrogens is 350 g/mol. The smallest absolute Gasteiger partial charge is 0.134 e. The molecule has 1 atom stereocenters. The Labute approximate surface area is 147 Å². The molecule has 1 heterocycles. The van der Waals surface area contributed by atoms with Gasteiger partial charge in [-0.3, -0.25) is 4.90 Å². The van der Waals surface area contributed by atoms with E-state index in [1.807, 2.05) is 18.2 Å². The Morgan fingerprint density at radius 2 is 1.91 bits per heavy atom. The monoisotopic (exact) mass is 373 g/mol. The number of hydrogen-bond acceptors (Lipinski definition) is 2. The molecule has 3 rings (SSSR count). The highest BCUT2D eigenvalue weighted by molar-refractivity contribution is 9.10. The molecule has 2 aromatic carbocycles. The molecule has 0 aromatic heterocycles. The van der Waals surface area contributed by atoms with E-state index in [2.05, 4.69) is 58.1 Å². The molecule has 1 saturated heterocycles. The highest BCUT2D eigenvalue weighted by atomic mass is 79.9. The van der Waals surface area contributed by atoms with Crippen molar-refractivity contribution < 1.29 is 4.74 Å². The summed E-state index contributed by atoms with van der Waals surface area (Å²) in [6, 6.07) is 17.4. The van der Waals surface area contributed by atoms with Crippen molar-refractivity contribution >= 4 is 15.9 Å². The van der Waals surface area contributed by atoms with Gasteiger partial charge >= 0.3 is 0 Å². The van der Waals surface area contributed by atoms with Gasteiger partial charge in [-0.1, -0.05) is 42.8 Å². The van der Waals surface area contributed by atoms with E-state index in [9.17, 15) is 0 Å². The Morgan fingerprint density at radius 1 is 1.09 bits per heavy atom. The summed E-state index contributed by atoms with van der Waals surface area (Å²) in [5.41, 5.74) is 2.51. The molecule has 0 aliphatic carbocycles. The molecule has 1 unspecified atom stereocenters. The molecule has 2 aromatic rings. The summed E-state index contributed by atoms with van der Waals surface area (Å²) < 4.78 is 7.03. The summed E-state index contributed by atoms with van der Waals surface area (Å²) >= 11 is 3.60. The van der Waals surface area contributed by atoms with Crippen molar-refractivity contribution in [1.82, 2.24) is 4.90 Å². The van der Waals surface area contributed by atoms with Gasteiger partial charge in [0.15, 0.2) is 0 Å². The first-order valence-electron chi connectivity index (χ1n) is 8.41. The number of hydrogen-bond donors (Lipinski definition) is 0. The lowest BCUT2D eigenvalue weighted by Crippen LogP contribution is -2.36. The third kappa shape index (κ3) is 4.58. The molecule has 1 fully saturated rings. The van der Waals surface area contributed by atoms with Crippen LogP contribution >= 0.6 is 15.9 Å². The largest absolute Gasteiger partial charge is 0.488 e. The fraction of sp³-hybridized carbons (Fsp3) is 0.400. The van der Waals surface area contributed by atoms with Gasteiger partial charge in [0.2, 0.25) is 0 Å². The van der Waals surface area contributed by atoms with Gasteiger partial charge in [-0.05, 0) is 65.5 Å². The van der Waals surface area contributed by atoms with E-state index in [0.29, 0.717) is 12.6 Å². The second kappa shape index (κ2) is 7.98. The van der Waals surface area contributed by atoms with Crippen LogP contribution in [0.15, 0.2) is 53.0 Å². The first-order chi connectivity index (χ1) is 11.2. The maximum absolute atomic E-state index is 6.01. The van der Waals surface area contributed by atoms with E-state index in [4.69, 9.17) is 4.74 Å². The van der Waals surface area contributed by atoms with E-state index in [1.165, 1.54) is 36.9 Å². The average molecular weight is 374 g/mol. The summed E-state index contributed by atoms with van der Waals surface area (Å²) in [5.74, 6) is 0.927. The Hall–Kier alpha value is -1.32. The zero-order chi connectivity index (χ0) is 16.1. The molecule has 1 aliphatic rings. The second-order valence-corrected chi connectivity index (χ2v) is 7.21. The maximum Gasteiger partial charge on any atom is 0.134 e. The maximum atomic E-state index is 6.01. The van der Waals surface area contributed by atoms with Gasteiger partial charge < -0.3 is 4.74 Å². The van der Waals surface area contributed by atoms with Crippen molar-refractivity contribution in [2.45, 2.75) is 45.4 Å². The molecule has 0 bridgehead atoms. The number of rotatable bonds is 5. The van der Waals surface area contributed by atoms with Gasteiger partial charge in [0.1, 0.15) is 12.4 Å². The zero-order valence-corrected chi connectivity index (χ0v) is 15.3. The second-order valence-electron chi connectivity index (χ2n) is 6.35. The number of nitrogens with zero attached hydrogens (tertiary/aromatic N) is 1. The topological polar surface area (TPSA) is 12.5 Å². The standard InChI is InChI=1S/C20H24BrNO/c1-16-7-5-6-12-22(16)14-18-10-11-19(21)20(13-18)23-15-17-8-3-2-4-9-17/h2-4,8-11,13,16H,5-7,12,14-15H2,1H3. The van der Waals surface area contributed by atoms with Crippen molar-refractivity contribution in [3.8, 4) is 5.75 Å². The molecule has 2 nitrogen and oxygen atoms in total. The SMILES string of the molecule is CC1CCCCN1Cc1ccc(Br)c(OCc2ccccc2)c1. The van der Waals surface area contributed by atoms with E-state index >= 15 is 0 Å². The Balaban J connectivity index is 1.66. The van der Waals surface area contributed by atoms with Crippen LogP contribution in [0.25, 0.3) is 0 Å². The molecule has 0 amide bonds. The minimum atomic E-state index is 0.600. The number of halogens is 1. The quantitative estimate of drug-likeness (QED) is 0.695. The average Bonchev–Trinajstić information content (AvgIpc) is 2.58. The molecule has 0 saturated carbocycles. The van der Waals surface area contributed by atoms with Gasteiger partial charge in [-0.25, -0.2) is 0 Å². The Kier molecular flexibility index (Phi) is 5.74. The van der Waals surface area contributed by atoms with E-state index < -0.39 is 0 Å². The minimum Gasteiger partial charge on any atom is -0.488 e. The van der Waals surface area contributed by atoms with Crippen LogP contribution in [0.5, 0.6) is 5.75 Å². The van der Waals surface area contributed by atoms with Crippen molar-refractivity contribution in [1.29, 1.82) is 0 Å². The highest BCUT2D eigenvalue weighted by Gasteiger charge is 2.18. The summed E-state index contributed by atoms with van der Waals surface area (Å²) in [6.45, 7) is 5.15. The van der Waals surface area contributed by atoms with Crippen LogP contribution in [0.1, 0.15) is 37.3 Å². The molecule has 122 valence electrons. The zero-order valence-electron chi connectivity index (χ0n) is 13.7. The highest BCUT2D eigenvalue weighted by Crippen LogP contribution is 2.28. The fourth-order valence-electron chi connectivity index (χ4n) is 3.12. The number of benzene rings is 2. The van der Waals surface area contributed by atoms with Crippen molar-refractivity contribution in [2.75, 3.05) is 6.54 Å². The number of likely N-dealkylation sites (tertiary alicyclic amines) is 1. The number of ether oxygens (including phenoxy) is 1. The fourth-order valence-corrected chi connectivity index (χ4v) is 3.48. The number of piperidine rings is 1. The molecule has 0 spiro atoms. The molecule has 1 aliphatic heterocycles. The molecular formula is C20H24BrNO. The van der Waals surface area contributed by atoms with Crippen LogP contribution < -0.4 is 4.74 Å². The van der Waals surface area contributed by atoms with Crippen LogP contribution in [0.4, 0.5) is 0 Å². The summed E-state index contributed by atoms with van der Waals surface area (Å²) in [5, 5.41) is 0. The van der Waals surface area contributed by atoms with Crippen molar-refractivity contribution in [3.63, 3.8) is 0 Å². The Bertz CT molecular complexity index is 629. The lowest BCUT2D eigenvalue weighted by Gasteiger charge is -2.33. The summed E-state index contributed by atoms with van der Waals surface area (Å²) in [6.07, 6.45) is 4.00. The molecule has 0 radical (unpaired) electrons. The van der Waals surface area contributed by atoms with E-state index in [-0.39, 0.29) is 0 Å². The van der Waals surface area contributed by atoms with Crippen LogP contribution in [0.3, 0.4) is 0 Å². The van der Waals surface area contributed by atoms with Gasteiger partial charge in [-0.15, -0.1) is 0 Å². The van der Waals surface area contributed by atoms with Crippen LogP contribution in [-0.4, -0.2) is 17.5 Å². The molecule has 3 heteroatoms. The first-order valence-corrected chi connectivity index (χ1v) is 9.21. The predicted molar refractivity (Wildman–Crippen MR) is 98.6 cm³/mol. The van der Waals surface area contributed by atoms with Gasteiger partial charge in [0, 0.05) is 12.6 Å². The Morgan fingerprint density at radius 3 is 2.70 bits per heavy atom. The van der Waals surface area contributed by atoms with Crippen LogP contribution in [0.2, 0.25) is 0 Å². The van der Waals surface area contributed by atoms with E-state index in [1.54, 1.807) is 0 Å². The van der Waals surface area contributed by atoms with Gasteiger partial charge in [-0.2, -0.15) is 0 Å². The van der Waals surface area contributed by atoms with Crippen LogP contribution in [0, 0.1) is 0 Å². The lowest BCUT2D eigenvalue weighted by molar-refractivity contribution is 0.152. The van der Waals surface area contributed by atoms with Crippen molar-refractivity contribution in [3.05, 3.63) is 64.1 Å². The van der Waals surface area contributed by atoms with Crippen LogP contribution in [-0.2, 0) is 13.2 Å². The van der Waals surface area contributed by atoms with Gasteiger partial charge in [0.25, 0.3) is 0 Å². The summed E-state index contributed by atoms with van der Waals surface area (Å²) in [7, 11) is 0. The molecule has 23 heavy (non-hydrogen) atoms. The van der Waals surface area contributed by atoms with Crippen molar-refractivity contribution in [2.24, 2.45) is 0 Å². The summed E-state index contributed by atoms with van der Waals surface area (Å²) in [4.78, 5) is 2.58. The third-order valence-electron chi connectivity index (χ3n) is 4.56. The predicted octanol–water partition coefficient (Wildman–Crippen LogP) is 5.40. The third-order valence-corrected chi connectivity index (χ3v) is 5.21. The first kappa shape index (κ1) is 16.5.